The van der Waals surface area contributed by atoms with E-state index in [4.69, 9.17) is 0 Å². The Labute approximate surface area is 168 Å². The summed E-state index contributed by atoms with van der Waals surface area (Å²) < 4.78 is 27.8. The van der Waals surface area contributed by atoms with E-state index in [1.165, 1.54) is 24.1 Å². The lowest BCUT2D eigenvalue weighted by Gasteiger charge is -2.34. The molecule has 0 unspecified atom stereocenters. The number of hydrogen-bond donors (Lipinski definition) is 0. The molecule has 2 aromatic carbocycles. The minimum Gasteiger partial charge on any atom is -0.301 e. The molecule has 2 heterocycles. The molecule has 4 rings (SSSR count). The smallest absolute Gasteiger partial charge is 0.264 e. The van der Waals surface area contributed by atoms with E-state index >= 15 is 0 Å². The number of piperazine rings is 1. The molecule has 1 saturated heterocycles. The van der Waals surface area contributed by atoms with Gasteiger partial charge >= 0.3 is 0 Å². The summed E-state index contributed by atoms with van der Waals surface area (Å²) in [5.74, 6) is 0. The number of anilines is 1. The van der Waals surface area contributed by atoms with Crippen LogP contribution in [-0.2, 0) is 23.0 Å². The molecule has 0 bridgehead atoms. The summed E-state index contributed by atoms with van der Waals surface area (Å²) in [6.07, 6.45) is 1.99. The van der Waals surface area contributed by atoms with Gasteiger partial charge in [0, 0.05) is 39.3 Å². The van der Waals surface area contributed by atoms with Crippen molar-refractivity contribution in [3.8, 4) is 0 Å². The summed E-state index contributed by atoms with van der Waals surface area (Å²) in [7, 11) is -3.50. The topological polar surface area (TPSA) is 43.9 Å². The number of nitrogens with zero attached hydrogens (tertiary/aromatic N) is 3. The third-order valence-electron chi connectivity index (χ3n) is 5.81. The maximum Gasteiger partial charge on any atom is 0.264 e. The van der Waals surface area contributed by atoms with E-state index < -0.39 is 10.0 Å². The summed E-state index contributed by atoms with van der Waals surface area (Å²) in [5, 5.41) is 0. The minimum absolute atomic E-state index is 0.361. The highest BCUT2D eigenvalue weighted by Gasteiger charge is 2.32. The molecule has 2 aromatic rings. The third kappa shape index (κ3) is 3.81. The number of fused-ring (bicyclic) bond motifs is 1. The maximum atomic E-state index is 13.1. The lowest BCUT2D eigenvalue weighted by Crippen LogP contribution is -2.46. The molecule has 5 nitrogen and oxygen atoms in total. The largest absolute Gasteiger partial charge is 0.301 e. The fourth-order valence-electron chi connectivity index (χ4n) is 4.32. The van der Waals surface area contributed by atoms with Crippen molar-refractivity contribution in [2.75, 3.05) is 43.6 Å². The zero-order valence-electron chi connectivity index (χ0n) is 16.5. The van der Waals surface area contributed by atoms with Crippen LogP contribution in [0, 0.1) is 0 Å². The number of benzene rings is 2. The predicted molar refractivity (Wildman–Crippen MR) is 113 cm³/mol. The molecule has 1 fully saturated rings. The molecule has 2 aliphatic heterocycles. The molecule has 0 spiro atoms. The van der Waals surface area contributed by atoms with Gasteiger partial charge in [-0.05, 0) is 48.7 Å². The van der Waals surface area contributed by atoms with Gasteiger partial charge in [-0.15, -0.1) is 0 Å². The van der Waals surface area contributed by atoms with Crippen LogP contribution in [0.25, 0.3) is 0 Å². The number of sulfonamides is 1. The van der Waals surface area contributed by atoms with Crippen LogP contribution in [-0.4, -0.2) is 57.5 Å². The van der Waals surface area contributed by atoms with Gasteiger partial charge in [0.25, 0.3) is 10.0 Å². The standard InChI is InChI=1S/C22H29N3O2S/c1-2-12-23-14-16-24(17-15-23)18-19-7-6-10-22-21(19)11-13-25(22)28(26,27)20-8-4-3-5-9-20/h3-10H,2,11-18H2,1H3. The first-order chi connectivity index (χ1) is 13.6. The molecular formula is C22H29N3O2S. The van der Waals surface area contributed by atoms with Crippen LogP contribution in [0.4, 0.5) is 5.69 Å². The van der Waals surface area contributed by atoms with E-state index in [9.17, 15) is 8.42 Å². The van der Waals surface area contributed by atoms with Crippen molar-refractivity contribution in [2.45, 2.75) is 31.2 Å². The first-order valence-electron chi connectivity index (χ1n) is 10.2. The van der Waals surface area contributed by atoms with Gasteiger partial charge in [0.15, 0.2) is 0 Å². The lowest BCUT2D eigenvalue weighted by molar-refractivity contribution is 0.127. The first-order valence-corrected chi connectivity index (χ1v) is 11.7. The molecule has 0 saturated carbocycles. The normalized spacial score (nSPS) is 18.4. The zero-order valence-corrected chi connectivity index (χ0v) is 17.4. The van der Waals surface area contributed by atoms with Crippen molar-refractivity contribution < 1.29 is 8.42 Å². The van der Waals surface area contributed by atoms with E-state index in [1.54, 1.807) is 28.6 Å². The van der Waals surface area contributed by atoms with Gasteiger partial charge in [-0.25, -0.2) is 8.42 Å². The Morgan fingerprint density at radius 2 is 1.57 bits per heavy atom. The van der Waals surface area contributed by atoms with Gasteiger partial charge in [0.2, 0.25) is 0 Å². The van der Waals surface area contributed by atoms with Crippen molar-refractivity contribution in [3.05, 3.63) is 59.7 Å². The molecule has 2 aliphatic rings. The molecule has 0 atom stereocenters. The van der Waals surface area contributed by atoms with E-state index in [0.29, 0.717) is 11.4 Å². The Kier molecular flexibility index (Phi) is 5.71. The maximum absolute atomic E-state index is 13.1. The molecule has 0 amide bonds. The molecular weight excluding hydrogens is 370 g/mol. The Balaban J connectivity index is 1.52. The fraction of sp³-hybridized carbons (Fsp3) is 0.455. The van der Waals surface area contributed by atoms with Gasteiger partial charge in [-0.2, -0.15) is 0 Å². The van der Waals surface area contributed by atoms with Crippen LogP contribution in [0.2, 0.25) is 0 Å². The van der Waals surface area contributed by atoms with Crippen LogP contribution in [0.15, 0.2) is 53.4 Å². The van der Waals surface area contributed by atoms with Crippen molar-refractivity contribution >= 4 is 15.7 Å². The Morgan fingerprint density at radius 1 is 0.857 bits per heavy atom. The minimum atomic E-state index is -3.50. The van der Waals surface area contributed by atoms with Crippen molar-refractivity contribution in [2.24, 2.45) is 0 Å². The van der Waals surface area contributed by atoms with Crippen LogP contribution < -0.4 is 4.31 Å². The summed E-state index contributed by atoms with van der Waals surface area (Å²) >= 11 is 0. The van der Waals surface area contributed by atoms with Crippen LogP contribution in [0.3, 0.4) is 0 Å². The molecule has 28 heavy (non-hydrogen) atoms. The summed E-state index contributed by atoms with van der Waals surface area (Å²) in [5.41, 5.74) is 3.32. The van der Waals surface area contributed by atoms with Gasteiger partial charge in [-0.3, -0.25) is 9.21 Å². The van der Waals surface area contributed by atoms with Gasteiger partial charge < -0.3 is 4.90 Å². The molecule has 150 valence electrons. The average molecular weight is 400 g/mol. The third-order valence-corrected chi connectivity index (χ3v) is 7.64. The van der Waals surface area contributed by atoms with E-state index in [1.807, 2.05) is 18.2 Å². The highest BCUT2D eigenvalue weighted by atomic mass is 32.2. The van der Waals surface area contributed by atoms with Crippen molar-refractivity contribution in [1.82, 2.24) is 9.80 Å². The zero-order chi connectivity index (χ0) is 19.6. The van der Waals surface area contributed by atoms with Gasteiger partial charge in [0.1, 0.15) is 0 Å². The predicted octanol–water partition coefficient (Wildman–Crippen LogP) is 2.97. The molecule has 0 aliphatic carbocycles. The van der Waals surface area contributed by atoms with E-state index in [0.717, 1.165) is 44.8 Å². The number of hydrogen-bond acceptors (Lipinski definition) is 4. The Hall–Kier alpha value is -1.89. The van der Waals surface area contributed by atoms with E-state index in [-0.39, 0.29) is 0 Å². The van der Waals surface area contributed by atoms with Gasteiger partial charge in [0.05, 0.1) is 10.6 Å². The second-order valence-corrected chi connectivity index (χ2v) is 9.54. The molecule has 0 N–H and O–H groups in total. The lowest BCUT2D eigenvalue weighted by atomic mass is 10.0. The first kappa shape index (κ1) is 19.4. The SMILES string of the molecule is CCCN1CCN(Cc2cccc3c2CCN3S(=O)(=O)c2ccccc2)CC1. The molecule has 6 heteroatoms. The Bertz CT molecular complexity index is 907. The van der Waals surface area contributed by atoms with Gasteiger partial charge in [-0.1, -0.05) is 37.3 Å². The summed E-state index contributed by atoms with van der Waals surface area (Å²) in [6.45, 7) is 9.24. The van der Waals surface area contributed by atoms with Crippen molar-refractivity contribution in [1.29, 1.82) is 0 Å². The van der Waals surface area contributed by atoms with Crippen molar-refractivity contribution in [3.63, 3.8) is 0 Å². The molecule has 0 aromatic heterocycles. The Morgan fingerprint density at radius 3 is 2.29 bits per heavy atom. The second-order valence-electron chi connectivity index (χ2n) is 7.67. The van der Waals surface area contributed by atoms with Crippen LogP contribution >= 0.6 is 0 Å². The quantitative estimate of drug-likeness (QED) is 0.749. The average Bonchev–Trinajstić information content (AvgIpc) is 3.16. The monoisotopic (exact) mass is 399 g/mol. The highest BCUT2D eigenvalue weighted by Crippen LogP contribution is 2.35. The fourth-order valence-corrected chi connectivity index (χ4v) is 5.84. The summed E-state index contributed by atoms with van der Waals surface area (Å²) in [6, 6.07) is 14.9. The van der Waals surface area contributed by atoms with E-state index in [2.05, 4.69) is 22.8 Å². The summed E-state index contributed by atoms with van der Waals surface area (Å²) in [4.78, 5) is 5.39. The molecule has 0 radical (unpaired) electrons. The second kappa shape index (κ2) is 8.23. The van der Waals surface area contributed by atoms with Crippen LogP contribution in [0.5, 0.6) is 0 Å². The highest BCUT2D eigenvalue weighted by molar-refractivity contribution is 7.92. The van der Waals surface area contributed by atoms with Crippen LogP contribution in [0.1, 0.15) is 24.5 Å². The number of rotatable bonds is 6.